The molecule has 0 aliphatic rings. The van der Waals surface area contributed by atoms with Crippen molar-refractivity contribution in [1.82, 2.24) is 5.32 Å². The summed E-state index contributed by atoms with van der Waals surface area (Å²) in [5, 5.41) is 5.93. The van der Waals surface area contributed by atoms with Crippen LogP contribution in [-0.2, 0) is 0 Å². The molecular formula is C12H15ClN2O. The largest absolute Gasteiger partial charge is 0.323 e. The number of urea groups is 1. The number of benzene rings is 1. The van der Waals surface area contributed by atoms with Crippen LogP contribution in [0.2, 0.25) is 5.02 Å². The molecule has 86 valence electrons. The minimum absolute atomic E-state index is 0.277. The number of nitrogens with one attached hydrogen (secondary N) is 2. The van der Waals surface area contributed by atoms with E-state index < -0.39 is 0 Å². The molecule has 0 spiro atoms. The van der Waals surface area contributed by atoms with Crippen molar-refractivity contribution in [2.24, 2.45) is 0 Å². The Morgan fingerprint density at radius 1 is 1.38 bits per heavy atom. The summed E-state index contributed by atoms with van der Waals surface area (Å²) in [5.74, 6) is 0. The molecule has 0 saturated heterocycles. The maximum atomic E-state index is 11.4. The van der Waals surface area contributed by atoms with E-state index in [1.54, 1.807) is 12.3 Å². The quantitative estimate of drug-likeness (QED) is 0.811. The van der Waals surface area contributed by atoms with Gasteiger partial charge in [0.1, 0.15) is 0 Å². The molecular weight excluding hydrogens is 224 g/mol. The summed E-state index contributed by atoms with van der Waals surface area (Å²) in [7, 11) is 0. The normalized spacial score (nSPS) is 9.50. The Labute approximate surface area is 100 Å². The Morgan fingerprint density at radius 3 is 2.62 bits per heavy atom. The van der Waals surface area contributed by atoms with Crippen molar-refractivity contribution in [3.05, 3.63) is 40.6 Å². The molecule has 2 N–H and O–H groups in total. The fourth-order valence-electron chi connectivity index (χ4n) is 1.05. The van der Waals surface area contributed by atoms with E-state index in [9.17, 15) is 4.79 Å². The van der Waals surface area contributed by atoms with Crippen molar-refractivity contribution < 1.29 is 4.79 Å². The summed E-state index contributed by atoms with van der Waals surface area (Å²) in [4.78, 5) is 11.4. The summed E-state index contributed by atoms with van der Waals surface area (Å²) in [6, 6.07) is 5.11. The summed E-state index contributed by atoms with van der Waals surface area (Å²) in [5.41, 5.74) is 2.68. The second-order valence-corrected chi connectivity index (χ2v) is 4.19. The number of carbonyl (C=O) groups excluding carboxylic acids is 1. The molecule has 0 fully saturated rings. The van der Waals surface area contributed by atoms with Crippen LogP contribution < -0.4 is 10.6 Å². The minimum atomic E-state index is -0.277. The van der Waals surface area contributed by atoms with E-state index in [0.29, 0.717) is 10.7 Å². The van der Waals surface area contributed by atoms with Gasteiger partial charge in [0.2, 0.25) is 0 Å². The van der Waals surface area contributed by atoms with Crippen molar-refractivity contribution >= 4 is 23.3 Å². The summed E-state index contributed by atoms with van der Waals surface area (Å²) in [6.07, 6.45) is 1.64. The fourth-order valence-corrected chi connectivity index (χ4v) is 1.23. The highest BCUT2D eigenvalue weighted by Gasteiger charge is 2.01. The average Bonchev–Trinajstić information content (AvgIpc) is 2.21. The van der Waals surface area contributed by atoms with Gasteiger partial charge in [-0.2, -0.15) is 0 Å². The van der Waals surface area contributed by atoms with Gasteiger partial charge in [-0.15, -0.1) is 0 Å². The van der Waals surface area contributed by atoms with Crippen LogP contribution in [0, 0.1) is 6.92 Å². The lowest BCUT2D eigenvalue weighted by Gasteiger charge is -2.06. The smallest absolute Gasteiger partial charge is 0.314 e. The number of aryl methyl sites for hydroxylation is 1. The first-order chi connectivity index (χ1) is 7.49. The molecule has 16 heavy (non-hydrogen) atoms. The molecule has 1 rings (SSSR count). The van der Waals surface area contributed by atoms with E-state index >= 15 is 0 Å². The molecule has 1 aromatic carbocycles. The second kappa shape index (κ2) is 5.56. The van der Waals surface area contributed by atoms with Crippen molar-refractivity contribution in [2.45, 2.75) is 20.8 Å². The van der Waals surface area contributed by atoms with Gasteiger partial charge in [0.05, 0.1) is 0 Å². The van der Waals surface area contributed by atoms with Crippen LogP contribution in [0.4, 0.5) is 10.5 Å². The Morgan fingerprint density at radius 2 is 2.06 bits per heavy atom. The number of halogens is 1. The molecule has 0 heterocycles. The lowest BCUT2D eigenvalue weighted by Crippen LogP contribution is -2.24. The molecule has 0 unspecified atom stereocenters. The Bertz CT molecular complexity index is 423. The van der Waals surface area contributed by atoms with Crippen molar-refractivity contribution in [3.63, 3.8) is 0 Å². The minimum Gasteiger partial charge on any atom is -0.314 e. The van der Waals surface area contributed by atoms with Gasteiger partial charge < -0.3 is 10.6 Å². The first-order valence-electron chi connectivity index (χ1n) is 4.96. The molecule has 0 aliphatic heterocycles. The summed E-state index contributed by atoms with van der Waals surface area (Å²) in [6.45, 7) is 5.72. The highest BCUT2D eigenvalue weighted by molar-refractivity contribution is 6.31. The third-order valence-electron chi connectivity index (χ3n) is 1.92. The van der Waals surface area contributed by atoms with Crippen molar-refractivity contribution in [2.75, 3.05) is 5.32 Å². The molecule has 4 heteroatoms. The first-order valence-corrected chi connectivity index (χ1v) is 5.34. The van der Waals surface area contributed by atoms with Crippen LogP contribution >= 0.6 is 11.6 Å². The zero-order valence-corrected chi connectivity index (χ0v) is 10.4. The van der Waals surface area contributed by atoms with E-state index in [-0.39, 0.29) is 6.03 Å². The van der Waals surface area contributed by atoms with Crippen LogP contribution in [0.1, 0.15) is 19.4 Å². The number of carbonyl (C=O) groups is 1. The lowest BCUT2D eigenvalue weighted by molar-refractivity contribution is 0.255. The molecule has 2 amide bonds. The molecule has 0 atom stereocenters. The number of allylic oxidation sites excluding steroid dienone is 1. The maximum absolute atomic E-state index is 11.4. The first kappa shape index (κ1) is 12.6. The van der Waals surface area contributed by atoms with Gasteiger partial charge in [0.25, 0.3) is 0 Å². The molecule has 0 radical (unpaired) electrons. The third kappa shape index (κ3) is 3.95. The second-order valence-electron chi connectivity index (χ2n) is 3.78. The van der Waals surface area contributed by atoms with Gasteiger partial charge in [-0.3, -0.25) is 0 Å². The lowest BCUT2D eigenvalue weighted by atomic mass is 10.2. The molecule has 0 saturated carbocycles. The van der Waals surface area contributed by atoms with Gasteiger partial charge >= 0.3 is 6.03 Å². The van der Waals surface area contributed by atoms with E-state index in [2.05, 4.69) is 10.6 Å². The summed E-state index contributed by atoms with van der Waals surface area (Å²) >= 11 is 5.94. The Hall–Kier alpha value is -1.48. The SMILES string of the molecule is CC(C)=CNC(=O)Nc1ccc(C)c(Cl)c1. The zero-order chi connectivity index (χ0) is 12.1. The number of hydrogen-bond donors (Lipinski definition) is 2. The number of hydrogen-bond acceptors (Lipinski definition) is 1. The van der Waals surface area contributed by atoms with E-state index in [1.165, 1.54) is 0 Å². The van der Waals surface area contributed by atoms with E-state index in [1.807, 2.05) is 32.9 Å². The standard InChI is InChI=1S/C12H15ClN2O/c1-8(2)7-14-12(16)15-10-5-4-9(3)11(13)6-10/h4-7H,1-3H3,(H2,14,15,16). The Balaban J connectivity index is 2.63. The zero-order valence-electron chi connectivity index (χ0n) is 9.60. The molecule has 3 nitrogen and oxygen atoms in total. The molecule has 1 aromatic rings. The maximum Gasteiger partial charge on any atom is 0.323 e. The van der Waals surface area contributed by atoms with Gasteiger partial charge in [-0.05, 0) is 38.5 Å². The van der Waals surface area contributed by atoms with Gasteiger partial charge in [-0.25, -0.2) is 4.79 Å². The Kier molecular flexibility index (Phi) is 4.38. The highest BCUT2D eigenvalue weighted by Crippen LogP contribution is 2.19. The van der Waals surface area contributed by atoms with Crippen LogP contribution in [0.25, 0.3) is 0 Å². The topological polar surface area (TPSA) is 41.1 Å². The number of amides is 2. The van der Waals surface area contributed by atoms with Gasteiger partial charge in [0.15, 0.2) is 0 Å². The van der Waals surface area contributed by atoms with Gasteiger partial charge in [0, 0.05) is 16.9 Å². The fraction of sp³-hybridized carbons (Fsp3) is 0.250. The van der Waals surface area contributed by atoms with E-state index in [0.717, 1.165) is 11.1 Å². The van der Waals surface area contributed by atoms with Crippen LogP contribution in [0.15, 0.2) is 30.0 Å². The number of rotatable bonds is 2. The van der Waals surface area contributed by atoms with E-state index in [4.69, 9.17) is 11.6 Å². The predicted molar refractivity (Wildman–Crippen MR) is 67.8 cm³/mol. The average molecular weight is 239 g/mol. The monoisotopic (exact) mass is 238 g/mol. The third-order valence-corrected chi connectivity index (χ3v) is 2.33. The molecule has 0 bridgehead atoms. The molecule has 0 aromatic heterocycles. The predicted octanol–water partition coefficient (Wildman–Crippen LogP) is 3.69. The van der Waals surface area contributed by atoms with Crippen LogP contribution in [0.5, 0.6) is 0 Å². The van der Waals surface area contributed by atoms with Crippen LogP contribution in [-0.4, -0.2) is 6.03 Å². The van der Waals surface area contributed by atoms with Crippen LogP contribution in [0.3, 0.4) is 0 Å². The van der Waals surface area contributed by atoms with Crippen molar-refractivity contribution in [1.29, 1.82) is 0 Å². The highest BCUT2D eigenvalue weighted by atomic mass is 35.5. The van der Waals surface area contributed by atoms with Crippen molar-refractivity contribution in [3.8, 4) is 0 Å². The number of anilines is 1. The molecule has 0 aliphatic carbocycles. The summed E-state index contributed by atoms with van der Waals surface area (Å²) < 4.78 is 0. The van der Waals surface area contributed by atoms with Gasteiger partial charge in [-0.1, -0.05) is 23.2 Å².